The summed E-state index contributed by atoms with van der Waals surface area (Å²) in [6.45, 7) is 0. The average molecular weight is 356 g/mol. The molecule has 0 bridgehead atoms. The maximum absolute atomic E-state index is 12.6. The number of carbonyl (C=O) groups is 1. The van der Waals surface area contributed by atoms with Crippen molar-refractivity contribution < 1.29 is 19.0 Å². The van der Waals surface area contributed by atoms with E-state index in [0.717, 1.165) is 25.7 Å². The van der Waals surface area contributed by atoms with Gasteiger partial charge in [0.25, 0.3) is 5.91 Å². The summed E-state index contributed by atoms with van der Waals surface area (Å²) in [5.41, 5.74) is 0.535. The normalized spacial score (nSPS) is 19.5. The highest BCUT2D eigenvalue weighted by Crippen LogP contribution is 2.25. The van der Waals surface area contributed by atoms with E-state index in [0.29, 0.717) is 22.9 Å². The van der Waals surface area contributed by atoms with Crippen LogP contribution < -0.4 is 19.5 Å². The van der Waals surface area contributed by atoms with E-state index in [4.69, 9.17) is 14.2 Å². The van der Waals surface area contributed by atoms with Gasteiger partial charge in [-0.2, -0.15) is 0 Å². The van der Waals surface area contributed by atoms with E-state index in [2.05, 4.69) is 10.3 Å². The summed E-state index contributed by atoms with van der Waals surface area (Å²) in [4.78, 5) is 16.8. The standard InChI is InChI=1S/C20H24N2O4/c1-24-17-11-14(12-18(13-17)25-2)20(23)22-15-6-8-16(9-7-15)26-19-5-3-4-10-21-19/h3-5,10-13,15-16H,6-9H2,1-2H3,(H,22,23). The molecule has 2 aromatic rings. The van der Waals surface area contributed by atoms with Gasteiger partial charge in [-0.1, -0.05) is 6.07 Å². The zero-order valence-electron chi connectivity index (χ0n) is 15.1. The molecule has 138 valence electrons. The van der Waals surface area contributed by atoms with E-state index < -0.39 is 0 Å². The Kier molecular flexibility index (Phi) is 5.94. The van der Waals surface area contributed by atoms with E-state index in [1.807, 2.05) is 18.2 Å². The van der Waals surface area contributed by atoms with Crippen molar-refractivity contribution in [3.05, 3.63) is 48.2 Å². The van der Waals surface area contributed by atoms with Gasteiger partial charge >= 0.3 is 0 Å². The largest absolute Gasteiger partial charge is 0.497 e. The van der Waals surface area contributed by atoms with Gasteiger partial charge in [0.2, 0.25) is 5.88 Å². The Bertz CT molecular complexity index is 706. The molecule has 6 heteroatoms. The second kappa shape index (κ2) is 8.56. The number of aromatic nitrogens is 1. The summed E-state index contributed by atoms with van der Waals surface area (Å²) in [6, 6.07) is 11.0. The van der Waals surface area contributed by atoms with Gasteiger partial charge in [-0.15, -0.1) is 0 Å². The molecule has 1 N–H and O–H groups in total. The number of methoxy groups -OCH3 is 2. The molecule has 1 aliphatic rings. The number of pyridine rings is 1. The number of amides is 1. The fourth-order valence-electron chi connectivity index (χ4n) is 3.12. The molecule has 0 saturated heterocycles. The molecule has 6 nitrogen and oxygen atoms in total. The molecule has 1 fully saturated rings. The van der Waals surface area contributed by atoms with Crippen LogP contribution in [0.1, 0.15) is 36.0 Å². The number of rotatable bonds is 6. The first-order chi connectivity index (χ1) is 12.7. The Morgan fingerprint density at radius 1 is 1.04 bits per heavy atom. The summed E-state index contributed by atoms with van der Waals surface area (Å²) in [5.74, 6) is 1.74. The van der Waals surface area contributed by atoms with Crippen LogP contribution in [0.4, 0.5) is 0 Å². The van der Waals surface area contributed by atoms with Crippen LogP contribution in [0.25, 0.3) is 0 Å². The molecule has 0 radical (unpaired) electrons. The second-order valence-electron chi connectivity index (χ2n) is 6.33. The Labute approximate surface area is 153 Å². The lowest BCUT2D eigenvalue weighted by atomic mass is 9.92. The molecule has 26 heavy (non-hydrogen) atoms. The molecule has 1 aromatic carbocycles. The monoisotopic (exact) mass is 356 g/mol. The highest BCUT2D eigenvalue weighted by Gasteiger charge is 2.24. The van der Waals surface area contributed by atoms with E-state index in [-0.39, 0.29) is 18.1 Å². The third kappa shape index (κ3) is 4.65. The molecule has 1 amide bonds. The number of nitrogens with zero attached hydrogens (tertiary/aromatic N) is 1. The Hall–Kier alpha value is -2.76. The molecule has 1 aliphatic carbocycles. The van der Waals surface area contributed by atoms with Crippen LogP contribution in [-0.2, 0) is 0 Å². The number of hydrogen-bond acceptors (Lipinski definition) is 5. The molecule has 1 heterocycles. The van der Waals surface area contributed by atoms with Crippen LogP contribution in [-0.4, -0.2) is 37.3 Å². The Balaban J connectivity index is 1.53. The minimum atomic E-state index is -0.115. The zero-order valence-corrected chi connectivity index (χ0v) is 15.1. The van der Waals surface area contributed by atoms with Gasteiger partial charge in [-0.05, 0) is 43.9 Å². The van der Waals surface area contributed by atoms with E-state index in [1.54, 1.807) is 38.6 Å². The van der Waals surface area contributed by atoms with Gasteiger partial charge in [0.05, 0.1) is 14.2 Å². The Morgan fingerprint density at radius 3 is 2.31 bits per heavy atom. The van der Waals surface area contributed by atoms with Crippen molar-refractivity contribution in [2.45, 2.75) is 37.8 Å². The van der Waals surface area contributed by atoms with E-state index in [9.17, 15) is 4.79 Å². The lowest BCUT2D eigenvalue weighted by molar-refractivity contribution is 0.0889. The topological polar surface area (TPSA) is 69.7 Å². The van der Waals surface area contributed by atoms with Crippen LogP contribution in [0.15, 0.2) is 42.6 Å². The predicted octanol–water partition coefficient (Wildman–Crippen LogP) is 3.22. The average Bonchev–Trinajstić information content (AvgIpc) is 2.69. The maximum Gasteiger partial charge on any atom is 0.251 e. The second-order valence-corrected chi connectivity index (χ2v) is 6.33. The van der Waals surface area contributed by atoms with Gasteiger partial charge in [0, 0.05) is 29.9 Å². The summed E-state index contributed by atoms with van der Waals surface area (Å²) in [5, 5.41) is 3.10. The van der Waals surface area contributed by atoms with Crippen molar-refractivity contribution >= 4 is 5.91 Å². The van der Waals surface area contributed by atoms with Gasteiger partial charge in [0.15, 0.2) is 0 Å². The first-order valence-electron chi connectivity index (χ1n) is 8.79. The number of hydrogen-bond donors (Lipinski definition) is 1. The number of ether oxygens (including phenoxy) is 3. The molecule has 0 aliphatic heterocycles. The van der Waals surface area contributed by atoms with Crippen molar-refractivity contribution in [1.29, 1.82) is 0 Å². The molecule has 0 atom stereocenters. The minimum Gasteiger partial charge on any atom is -0.497 e. The maximum atomic E-state index is 12.6. The number of carbonyl (C=O) groups excluding carboxylic acids is 1. The van der Waals surface area contributed by atoms with Crippen molar-refractivity contribution in [2.24, 2.45) is 0 Å². The van der Waals surface area contributed by atoms with Crippen molar-refractivity contribution in [3.8, 4) is 17.4 Å². The highest BCUT2D eigenvalue weighted by atomic mass is 16.5. The van der Waals surface area contributed by atoms with Crippen LogP contribution in [0.5, 0.6) is 17.4 Å². The first kappa shape index (κ1) is 18.0. The molecule has 1 aromatic heterocycles. The summed E-state index contributed by atoms with van der Waals surface area (Å²) in [7, 11) is 3.14. The van der Waals surface area contributed by atoms with Crippen molar-refractivity contribution in [2.75, 3.05) is 14.2 Å². The molecule has 0 unspecified atom stereocenters. The summed E-state index contributed by atoms with van der Waals surface area (Å²) in [6.07, 6.45) is 5.42. The van der Waals surface area contributed by atoms with Crippen LogP contribution >= 0.6 is 0 Å². The molecule has 0 spiro atoms. The fourth-order valence-corrected chi connectivity index (χ4v) is 3.12. The Morgan fingerprint density at radius 2 is 1.73 bits per heavy atom. The van der Waals surface area contributed by atoms with Crippen LogP contribution in [0, 0.1) is 0 Å². The quantitative estimate of drug-likeness (QED) is 0.861. The first-order valence-corrected chi connectivity index (χ1v) is 8.79. The SMILES string of the molecule is COc1cc(OC)cc(C(=O)NC2CCC(Oc3ccccn3)CC2)c1. The van der Waals surface area contributed by atoms with Crippen LogP contribution in [0.2, 0.25) is 0 Å². The number of nitrogens with one attached hydrogen (secondary N) is 1. The van der Waals surface area contributed by atoms with E-state index >= 15 is 0 Å². The van der Waals surface area contributed by atoms with E-state index in [1.165, 1.54) is 0 Å². The lowest BCUT2D eigenvalue weighted by Gasteiger charge is -2.29. The summed E-state index contributed by atoms with van der Waals surface area (Å²) < 4.78 is 16.3. The number of benzene rings is 1. The van der Waals surface area contributed by atoms with Gasteiger partial charge in [-0.3, -0.25) is 4.79 Å². The molecular weight excluding hydrogens is 332 g/mol. The van der Waals surface area contributed by atoms with Crippen LogP contribution in [0.3, 0.4) is 0 Å². The smallest absolute Gasteiger partial charge is 0.251 e. The van der Waals surface area contributed by atoms with Crippen molar-refractivity contribution in [3.63, 3.8) is 0 Å². The minimum absolute atomic E-state index is 0.115. The third-order valence-corrected chi connectivity index (χ3v) is 4.55. The van der Waals surface area contributed by atoms with Gasteiger partial charge in [0.1, 0.15) is 17.6 Å². The van der Waals surface area contributed by atoms with Gasteiger partial charge in [-0.25, -0.2) is 4.98 Å². The predicted molar refractivity (Wildman–Crippen MR) is 97.9 cm³/mol. The summed E-state index contributed by atoms with van der Waals surface area (Å²) >= 11 is 0. The zero-order chi connectivity index (χ0) is 18.4. The fraction of sp³-hybridized carbons (Fsp3) is 0.400. The van der Waals surface area contributed by atoms with Crippen molar-refractivity contribution in [1.82, 2.24) is 10.3 Å². The highest BCUT2D eigenvalue weighted by molar-refractivity contribution is 5.95. The third-order valence-electron chi connectivity index (χ3n) is 4.55. The molecule has 1 saturated carbocycles. The van der Waals surface area contributed by atoms with Gasteiger partial charge < -0.3 is 19.5 Å². The lowest BCUT2D eigenvalue weighted by Crippen LogP contribution is -2.39. The molecule has 3 rings (SSSR count). The molecular formula is C20H24N2O4.